The van der Waals surface area contributed by atoms with Gasteiger partial charge in [-0.25, -0.2) is 8.42 Å². The van der Waals surface area contributed by atoms with Crippen LogP contribution >= 0.6 is 0 Å². The average Bonchev–Trinajstić information content (AvgIpc) is 2.05. The summed E-state index contributed by atoms with van der Waals surface area (Å²) >= 11 is 0. The molecule has 1 aliphatic heterocycles. The van der Waals surface area contributed by atoms with Gasteiger partial charge in [-0.05, 0) is 20.3 Å². The second-order valence-electron chi connectivity index (χ2n) is 3.37. The zero-order chi connectivity index (χ0) is 8.70. The van der Waals surface area contributed by atoms with E-state index in [9.17, 15) is 8.42 Å². The molecule has 1 heterocycles. The molecule has 0 aromatic carbocycles. The van der Waals surface area contributed by atoms with Crippen molar-refractivity contribution in [3.05, 3.63) is 11.6 Å². The van der Waals surface area contributed by atoms with E-state index in [0.29, 0.717) is 0 Å². The molecule has 0 spiro atoms. The molecule has 0 unspecified atom stereocenters. The van der Waals surface area contributed by atoms with Crippen molar-refractivity contribution in [2.24, 2.45) is 0 Å². The van der Waals surface area contributed by atoms with Crippen LogP contribution in [0.1, 0.15) is 27.2 Å². The molecule has 0 atom stereocenters. The third-order valence-electron chi connectivity index (χ3n) is 2.48. The number of hydrogen-bond donors (Lipinski definition) is 0. The van der Waals surface area contributed by atoms with Crippen LogP contribution in [0.4, 0.5) is 0 Å². The second kappa shape index (κ2) is 2.34. The number of sulfone groups is 1. The fourth-order valence-corrected chi connectivity index (χ4v) is 2.90. The van der Waals surface area contributed by atoms with Crippen molar-refractivity contribution in [3.63, 3.8) is 0 Å². The molecule has 0 saturated heterocycles. The van der Waals surface area contributed by atoms with E-state index >= 15 is 0 Å². The Kier molecular flexibility index (Phi) is 1.87. The van der Waals surface area contributed by atoms with Crippen molar-refractivity contribution in [2.75, 3.05) is 5.75 Å². The number of hydrogen-bond acceptors (Lipinski definition) is 2. The van der Waals surface area contributed by atoms with Gasteiger partial charge in [0.15, 0.2) is 9.84 Å². The molecule has 0 aromatic heterocycles. The van der Waals surface area contributed by atoms with Crippen LogP contribution in [0.2, 0.25) is 0 Å². The third kappa shape index (κ3) is 1.11. The van der Waals surface area contributed by atoms with E-state index in [0.717, 1.165) is 12.0 Å². The Balaban J connectivity index is 3.12. The Labute approximate surface area is 68.2 Å². The van der Waals surface area contributed by atoms with E-state index in [-0.39, 0.29) is 5.75 Å². The minimum atomic E-state index is -2.88. The molecule has 0 bridgehead atoms. The Bertz CT molecular complexity index is 283. The predicted molar refractivity (Wildman–Crippen MR) is 46.2 cm³/mol. The van der Waals surface area contributed by atoms with Crippen LogP contribution in [-0.4, -0.2) is 18.9 Å². The van der Waals surface area contributed by atoms with Gasteiger partial charge in [0.1, 0.15) is 0 Å². The first-order chi connectivity index (χ1) is 4.92. The highest BCUT2D eigenvalue weighted by Gasteiger charge is 2.40. The van der Waals surface area contributed by atoms with Gasteiger partial charge in [-0.2, -0.15) is 0 Å². The van der Waals surface area contributed by atoms with Gasteiger partial charge in [-0.3, -0.25) is 0 Å². The van der Waals surface area contributed by atoms with E-state index in [4.69, 9.17) is 0 Å². The van der Waals surface area contributed by atoms with Gasteiger partial charge >= 0.3 is 0 Å². The van der Waals surface area contributed by atoms with Gasteiger partial charge in [0.25, 0.3) is 0 Å². The zero-order valence-electron chi connectivity index (χ0n) is 7.22. The average molecular weight is 174 g/mol. The zero-order valence-corrected chi connectivity index (χ0v) is 8.03. The molecule has 1 aliphatic rings. The van der Waals surface area contributed by atoms with E-state index in [2.05, 4.69) is 0 Å². The van der Waals surface area contributed by atoms with Crippen molar-refractivity contribution < 1.29 is 8.42 Å². The molecule has 11 heavy (non-hydrogen) atoms. The van der Waals surface area contributed by atoms with Crippen molar-refractivity contribution in [1.82, 2.24) is 0 Å². The molecule has 0 saturated carbocycles. The Morgan fingerprint density at radius 3 is 2.27 bits per heavy atom. The molecule has 2 nitrogen and oxygen atoms in total. The first-order valence-electron chi connectivity index (χ1n) is 3.83. The SMILES string of the molecule is CCC1=CCS(=O)(=O)C1(C)C. The summed E-state index contributed by atoms with van der Waals surface area (Å²) < 4.78 is 22.2. The van der Waals surface area contributed by atoms with Crippen LogP contribution in [0.5, 0.6) is 0 Å². The first-order valence-corrected chi connectivity index (χ1v) is 5.49. The van der Waals surface area contributed by atoms with Crippen LogP contribution in [0, 0.1) is 0 Å². The van der Waals surface area contributed by atoms with Gasteiger partial charge in [-0.1, -0.05) is 18.6 Å². The van der Waals surface area contributed by atoms with Crippen LogP contribution in [0.15, 0.2) is 11.6 Å². The predicted octanol–water partition coefficient (Wildman–Crippen LogP) is 1.53. The van der Waals surface area contributed by atoms with Gasteiger partial charge in [0.2, 0.25) is 0 Å². The van der Waals surface area contributed by atoms with Crippen LogP contribution in [-0.2, 0) is 9.84 Å². The lowest BCUT2D eigenvalue weighted by Gasteiger charge is -2.20. The fourth-order valence-electron chi connectivity index (χ4n) is 1.43. The van der Waals surface area contributed by atoms with E-state index in [1.165, 1.54) is 0 Å². The van der Waals surface area contributed by atoms with Gasteiger partial charge in [0, 0.05) is 0 Å². The van der Waals surface area contributed by atoms with Crippen molar-refractivity contribution in [2.45, 2.75) is 31.9 Å². The van der Waals surface area contributed by atoms with Crippen molar-refractivity contribution in [3.8, 4) is 0 Å². The fraction of sp³-hybridized carbons (Fsp3) is 0.750. The maximum absolute atomic E-state index is 11.4. The molecular weight excluding hydrogens is 160 g/mol. The maximum atomic E-state index is 11.4. The van der Waals surface area contributed by atoms with Crippen LogP contribution < -0.4 is 0 Å². The highest BCUT2D eigenvalue weighted by Crippen LogP contribution is 2.34. The third-order valence-corrected chi connectivity index (χ3v) is 4.90. The van der Waals surface area contributed by atoms with E-state index < -0.39 is 14.6 Å². The van der Waals surface area contributed by atoms with E-state index in [1.807, 2.05) is 13.0 Å². The molecule has 0 aliphatic carbocycles. The quantitative estimate of drug-likeness (QED) is 0.565. The minimum Gasteiger partial charge on any atom is -0.228 e. The summed E-state index contributed by atoms with van der Waals surface area (Å²) in [4.78, 5) is 0. The smallest absolute Gasteiger partial charge is 0.162 e. The standard InChI is InChI=1S/C8H14O2S/c1-4-7-5-6-11(9,10)8(7,2)3/h5H,4,6H2,1-3H3. The topological polar surface area (TPSA) is 34.1 Å². The molecule has 0 aromatic rings. The monoisotopic (exact) mass is 174 g/mol. The summed E-state index contributed by atoms with van der Waals surface area (Å²) in [5, 5.41) is 0. The van der Waals surface area contributed by atoms with E-state index in [1.54, 1.807) is 13.8 Å². The van der Waals surface area contributed by atoms with Crippen molar-refractivity contribution in [1.29, 1.82) is 0 Å². The maximum Gasteiger partial charge on any atom is 0.162 e. The van der Waals surface area contributed by atoms with Gasteiger partial charge < -0.3 is 0 Å². The first kappa shape index (κ1) is 8.78. The second-order valence-corrected chi connectivity index (χ2v) is 5.96. The summed E-state index contributed by atoms with van der Waals surface area (Å²) in [6.45, 7) is 5.56. The highest BCUT2D eigenvalue weighted by molar-refractivity contribution is 7.93. The highest BCUT2D eigenvalue weighted by atomic mass is 32.2. The van der Waals surface area contributed by atoms with Crippen LogP contribution in [0.25, 0.3) is 0 Å². The summed E-state index contributed by atoms with van der Waals surface area (Å²) in [5.41, 5.74) is 1.05. The summed E-state index contributed by atoms with van der Waals surface area (Å²) in [5.74, 6) is 0.225. The lowest BCUT2D eigenvalue weighted by Crippen LogP contribution is -2.30. The summed E-state index contributed by atoms with van der Waals surface area (Å²) in [6, 6.07) is 0. The largest absolute Gasteiger partial charge is 0.228 e. The molecule has 1 rings (SSSR count). The Morgan fingerprint density at radius 1 is 1.55 bits per heavy atom. The molecule has 0 N–H and O–H groups in total. The van der Waals surface area contributed by atoms with Gasteiger partial charge in [-0.15, -0.1) is 0 Å². The molecule has 64 valence electrons. The Morgan fingerprint density at radius 2 is 2.09 bits per heavy atom. The molecular formula is C8H14O2S. The Hall–Kier alpha value is -0.310. The lowest BCUT2D eigenvalue weighted by molar-refractivity contribution is 0.573. The minimum absolute atomic E-state index is 0.225. The summed E-state index contributed by atoms with van der Waals surface area (Å²) in [7, 11) is -2.88. The normalized spacial score (nSPS) is 26.6. The molecule has 0 amide bonds. The lowest BCUT2D eigenvalue weighted by atomic mass is 10.0. The molecule has 0 radical (unpaired) electrons. The number of rotatable bonds is 1. The summed E-state index contributed by atoms with van der Waals surface area (Å²) in [6.07, 6.45) is 2.68. The van der Waals surface area contributed by atoms with Crippen molar-refractivity contribution >= 4 is 9.84 Å². The van der Waals surface area contributed by atoms with Gasteiger partial charge in [0.05, 0.1) is 10.5 Å². The molecule has 3 heteroatoms. The van der Waals surface area contributed by atoms with Crippen LogP contribution in [0.3, 0.4) is 0 Å². The molecule has 0 fully saturated rings.